The molecule has 0 aromatic carbocycles. The lowest BCUT2D eigenvalue weighted by molar-refractivity contribution is -0.123. The smallest absolute Gasteiger partial charge is 0.286 e. The number of furan rings is 1. The molecule has 3 rings (SSSR count). The number of nitrogens with zero attached hydrogens (tertiary/aromatic N) is 2. The van der Waals surface area contributed by atoms with Crippen molar-refractivity contribution in [3.63, 3.8) is 0 Å². The SMILES string of the molecule is Cc1nc(C2(NC(=O)CCCNC(=O)c3ccco3)CCCCC2)no1. The van der Waals surface area contributed by atoms with Gasteiger partial charge in [0.05, 0.1) is 6.26 Å². The molecule has 8 nitrogen and oxygen atoms in total. The summed E-state index contributed by atoms with van der Waals surface area (Å²) in [6.07, 6.45) is 7.12. The van der Waals surface area contributed by atoms with E-state index in [1.165, 1.54) is 6.26 Å². The van der Waals surface area contributed by atoms with Gasteiger partial charge in [-0.2, -0.15) is 4.98 Å². The van der Waals surface area contributed by atoms with Gasteiger partial charge in [0.25, 0.3) is 5.91 Å². The van der Waals surface area contributed by atoms with Crippen molar-refractivity contribution in [1.29, 1.82) is 0 Å². The summed E-state index contributed by atoms with van der Waals surface area (Å²) in [4.78, 5) is 28.6. The number of amides is 2. The Bertz CT molecular complexity index is 732. The van der Waals surface area contributed by atoms with Crippen LogP contribution in [0.5, 0.6) is 0 Å². The summed E-state index contributed by atoms with van der Waals surface area (Å²) in [6, 6.07) is 3.26. The Hall–Kier alpha value is -2.64. The molecular weight excluding hydrogens is 336 g/mol. The quantitative estimate of drug-likeness (QED) is 0.734. The van der Waals surface area contributed by atoms with Crippen molar-refractivity contribution in [2.45, 2.75) is 57.4 Å². The number of aromatic nitrogens is 2. The minimum Gasteiger partial charge on any atom is -0.459 e. The Morgan fingerprint density at radius 3 is 2.73 bits per heavy atom. The number of carbonyl (C=O) groups excluding carboxylic acids is 2. The van der Waals surface area contributed by atoms with Gasteiger partial charge < -0.3 is 19.6 Å². The molecule has 2 N–H and O–H groups in total. The third kappa shape index (κ3) is 4.30. The van der Waals surface area contributed by atoms with Crippen LogP contribution >= 0.6 is 0 Å². The van der Waals surface area contributed by atoms with Crippen molar-refractivity contribution in [1.82, 2.24) is 20.8 Å². The molecule has 0 saturated heterocycles. The van der Waals surface area contributed by atoms with Gasteiger partial charge in [0, 0.05) is 19.9 Å². The fourth-order valence-corrected chi connectivity index (χ4v) is 3.33. The second-order valence-electron chi connectivity index (χ2n) is 6.66. The topological polar surface area (TPSA) is 110 Å². The molecule has 0 aliphatic heterocycles. The highest BCUT2D eigenvalue weighted by atomic mass is 16.5. The number of aryl methyl sites for hydroxylation is 1. The average molecular weight is 360 g/mol. The highest BCUT2D eigenvalue weighted by Crippen LogP contribution is 2.35. The first-order valence-electron chi connectivity index (χ1n) is 9.03. The summed E-state index contributed by atoms with van der Waals surface area (Å²) >= 11 is 0. The molecule has 0 spiro atoms. The van der Waals surface area contributed by atoms with Crippen LogP contribution in [-0.2, 0) is 10.3 Å². The summed E-state index contributed by atoms with van der Waals surface area (Å²) in [6.45, 7) is 2.15. The number of carbonyl (C=O) groups is 2. The monoisotopic (exact) mass is 360 g/mol. The van der Waals surface area contributed by atoms with Crippen molar-refractivity contribution >= 4 is 11.8 Å². The molecule has 1 fully saturated rings. The number of rotatable bonds is 7. The second kappa shape index (κ2) is 8.16. The van der Waals surface area contributed by atoms with Crippen LogP contribution in [-0.4, -0.2) is 28.5 Å². The fourth-order valence-electron chi connectivity index (χ4n) is 3.33. The van der Waals surface area contributed by atoms with E-state index in [-0.39, 0.29) is 17.6 Å². The standard InChI is InChI=1S/C18H24N4O4/c1-13-20-17(22-26-13)18(9-3-2-4-10-18)21-15(23)8-5-11-19-16(24)14-7-6-12-25-14/h6-7,12H,2-5,8-11H2,1H3,(H,19,24)(H,21,23). The fraction of sp³-hybridized carbons (Fsp3) is 0.556. The van der Waals surface area contributed by atoms with Crippen molar-refractivity contribution in [2.24, 2.45) is 0 Å². The molecule has 2 heterocycles. The van der Waals surface area contributed by atoms with Gasteiger partial charge in [0.1, 0.15) is 5.54 Å². The Labute approximate surface area is 151 Å². The van der Waals surface area contributed by atoms with Gasteiger partial charge in [-0.05, 0) is 31.4 Å². The van der Waals surface area contributed by atoms with Gasteiger partial charge in [0.15, 0.2) is 11.6 Å². The lowest BCUT2D eigenvalue weighted by atomic mass is 9.81. The molecule has 1 saturated carbocycles. The Balaban J connectivity index is 1.49. The molecule has 1 aliphatic rings. The lowest BCUT2D eigenvalue weighted by Gasteiger charge is -2.35. The zero-order valence-electron chi connectivity index (χ0n) is 14.9. The van der Waals surface area contributed by atoms with Crippen LogP contribution in [0, 0.1) is 6.92 Å². The Morgan fingerprint density at radius 2 is 2.08 bits per heavy atom. The molecule has 2 amide bonds. The normalized spacial score (nSPS) is 16.2. The molecule has 0 unspecified atom stereocenters. The molecule has 0 atom stereocenters. The van der Waals surface area contributed by atoms with Crippen LogP contribution in [0.4, 0.5) is 0 Å². The Kier molecular flexibility index (Phi) is 5.70. The van der Waals surface area contributed by atoms with Crippen molar-refractivity contribution in [2.75, 3.05) is 6.54 Å². The van der Waals surface area contributed by atoms with E-state index in [0.29, 0.717) is 31.1 Å². The van der Waals surface area contributed by atoms with Crippen LogP contribution in [0.25, 0.3) is 0 Å². The number of nitrogens with one attached hydrogen (secondary N) is 2. The van der Waals surface area contributed by atoms with E-state index in [9.17, 15) is 9.59 Å². The van der Waals surface area contributed by atoms with E-state index in [4.69, 9.17) is 8.94 Å². The van der Waals surface area contributed by atoms with Crippen molar-refractivity contribution in [3.8, 4) is 0 Å². The minimum atomic E-state index is -0.537. The lowest BCUT2D eigenvalue weighted by Crippen LogP contribution is -2.48. The predicted octanol–water partition coefficient (Wildman–Crippen LogP) is 2.46. The molecular formula is C18H24N4O4. The van der Waals surface area contributed by atoms with Gasteiger partial charge in [-0.3, -0.25) is 9.59 Å². The van der Waals surface area contributed by atoms with Crippen molar-refractivity contribution in [3.05, 3.63) is 35.9 Å². The van der Waals surface area contributed by atoms with Crippen LogP contribution in [0.1, 0.15) is 67.2 Å². The molecule has 8 heteroatoms. The maximum absolute atomic E-state index is 12.4. The van der Waals surface area contributed by atoms with E-state index in [0.717, 1.165) is 32.1 Å². The second-order valence-corrected chi connectivity index (χ2v) is 6.66. The van der Waals surface area contributed by atoms with E-state index in [2.05, 4.69) is 20.8 Å². The van der Waals surface area contributed by atoms with Crippen LogP contribution in [0.3, 0.4) is 0 Å². The van der Waals surface area contributed by atoms with Gasteiger partial charge in [-0.15, -0.1) is 0 Å². The van der Waals surface area contributed by atoms with Crippen LogP contribution < -0.4 is 10.6 Å². The van der Waals surface area contributed by atoms with E-state index >= 15 is 0 Å². The van der Waals surface area contributed by atoms with Crippen molar-refractivity contribution < 1.29 is 18.5 Å². The molecule has 1 aliphatic carbocycles. The zero-order valence-corrected chi connectivity index (χ0v) is 14.9. The first-order chi connectivity index (χ1) is 12.6. The highest BCUT2D eigenvalue weighted by molar-refractivity contribution is 5.91. The van der Waals surface area contributed by atoms with Crippen LogP contribution in [0.2, 0.25) is 0 Å². The molecule has 2 aromatic rings. The predicted molar refractivity (Wildman–Crippen MR) is 92.2 cm³/mol. The molecule has 0 radical (unpaired) electrons. The number of hydrogen-bond acceptors (Lipinski definition) is 6. The number of hydrogen-bond donors (Lipinski definition) is 2. The van der Waals surface area contributed by atoms with Crippen LogP contribution in [0.15, 0.2) is 27.3 Å². The van der Waals surface area contributed by atoms with Gasteiger partial charge in [-0.25, -0.2) is 0 Å². The van der Waals surface area contributed by atoms with Gasteiger partial charge >= 0.3 is 0 Å². The van der Waals surface area contributed by atoms with E-state index in [1.807, 2.05) is 0 Å². The minimum absolute atomic E-state index is 0.0680. The first kappa shape index (κ1) is 18.2. The maximum atomic E-state index is 12.4. The Morgan fingerprint density at radius 1 is 1.27 bits per heavy atom. The molecule has 26 heavy (non-hydrogen) atoms. The zero-order chi connectivity index (χ0) is 18.4. The summed E-state index contributed by atoms with van der Waals surface area (Å²) in [5.74, 6) is 0.986. The molecule has 140 valence electrons. The first-order valence-corrected chi connectivity index (χ1v) is 9.03. The average Bonchev–Trinajstić information content (AvgIpc) is 3.31. The van der Waals surface area contributed by atoms with Gasteiger partial charge in [0.2, 0.25) is 11.8 Å². The molecule has 0 bridgehead atoms. The maximum Gasteiger partial charge on any atom is 0.286 e. The summed E-state index contributed by atoms with van der Waals surface area (Å²) in [5, 5.41) is 9.90. The van der Waals surface area contributed by atoms with E-state index in [1.54, 1.807) is 19.1 Å². The van der Waals surface area contributed by atoms with E-state index < -0.39 is 5.54 Å². The third-order valence-corrected chi connectivity index (χ3v) is 4.65. The van der Waals surface area contributed by atoms with Gasteiger partial charge in [-0.1, -0.05) is 24.4 Å². The largest absolute Gasteiger partial charge is 0.459 e. The summed E-state index contributed by atoms with van der Waals surface area (Å²) in [7, 11) is 0. The highest BCUT2D eigenvalue weighted by Gasteiger charge is 2.39. The summed E-state index contributed by atoms with van der Waals surface area (Å²) in [5.41, 5.74) is -0.537. The third-order valence-electron chi connectivity index (χ3n) is 4.65. The molecule has 2 aromatic heterocycles. The summed E-state index contributed by atoms with van der Waals surface area (Å²) < 4.78 is 10.1.